The Hall–Kier alpha value is -2.12. The van der Waals surface area contributed by atoms with Crippen molar-refractivity contribution in [3.8, 4) is 0 Å². The number of amides is 1. The minimum atomic E-state index is -1.15. The van der Waals surface area contributed by atoms with Gasteiger partial charge in [-0.3, -0.25) is 0 Å². The van der Waals surface area contributed by atoms with Crippen molar-refractivity contribution in [3.05, 3.63) is 35.9 Å². The predicted octanol–water partition coefficient (Wildman–Crippen LogP) is 0.354. The highest BCUT2D eigenvalue weighted by Gasteiger charge is 2.25. The Morgan fingerprint density at radius 1 is 1.33 bits per heavy atom. The first-order valence-corrected chi connectivity index (χ1v) is 6.67. The van der Waals surface area contributed by atoms with E-state index in [2.05, 4.69) is 10.6 Å². The fourth-order valence-corrected chi connectivity index (χ4v) is 1.69. The molecule has 7 nitrogen and oxygen atoms in total. The van der Waals surface area contributed by atoms with Crippen LogP contribution in [-0.4, -0.2) is 49.0 Å². The summed E-state index contributed by atoms with van der Waals surface area (Å²) in [5.74, 6) is -1.15. The van der Waals surface area contributed by atoms with Crippen molar-refractivity contribution in [2.75, 3.05) is 19.7 Å². The summed E-state index contributed by atoms with van der Waals surface area (Å²) in [5, 5.41) is 14.3. The summed E-state index contributed by atoms with van der Waals surface area (Å²) >= 11 is 0. The van der Waals surface area contributed by atoms with Gasteiger partial charge in [0, 0.05) is 13.1 Å². The number of alkyl carbamates (subject to hydrolysis) is 1. The summed E-state index contributed by atoms with van der Waals surface area (Å²) in [6.45, 7) is 1.41. The van der Waals surface area contributed by atoms with Crippen LogP contribution in [0.15, 0.2) is 30.3 Å². The maximum atomic E-state index is 11.6. The molecule has 114 valence electrons. The summed E-state index contributed by atoms with van der Waals surface area (Å²) < 4.78 is 10.3. The van der Waals surface area contributed by atoms with Gasteiger partial charge in [0.1, 0.15) is 6.61 Å². The van der Waals surface area contributed by atoms with Gasteiger partial charge in [-0.2, -0.15) is 0 Å². The molecule has 0 aliphatic carbocycles. The molecule has 0 saturated carbocycles. The number of benzene rings is 1. The lowest BCUT2D eigenvalue weighted by molar-refractivity contribution is -0.142. The number of ether oxygens (including phenoxy) is 2. The molecular formula is C14H18N2O5. The van der Waals surface area contributed by atoms with E-state index >= 15 is 0 Å². The Labute approximate surface area is 122 Å². The second-order valence-corrected chi connectivity index (χ2v) is 4.71. The third-order valence-corrected chi connectivity index (χ3v) is 3.05. The van der Waals surface area contributed by atoms with Crippen molar-refractivity contribution in [2.24, 2.45) is 0 Å². The number of aliphatic carboxylic acids is 1. The molecule has 1 amide bonds. The lowest BCUT2D eigenvalue weighted by atomic mass is 10.2. The first kappa shape index (κ1) is 15.3. The first-order valence-electron chi connectivity index (χ1n) is 6.67. The zero-order valence-electron chi connectivity index (χ0n) is 11.5. The fraction of sp³-hybridized carbons (Fsp3) is 0.429. The predicted molar refractivity (Wildman–Crippen MR) is 73.8 cm³/mol. The average Bonchev–Trinajstić information content (AvgIpc) is 2.43. The molecule has 1 aliphatic rings. The van der Waals surface area contributed by atoms with Crippen LogP contribution in [0.5, 0.6) is 0 Å². The Morgan fingerprint density at radius 2 is 2.05 bits per heavy atom. The van der Waals surface area contributed by atoms with Crippen molar-refractivity contribution in [3.63, 3.8) is 0 Å². The molecule has 0 bridgehead atoms. The molecule has 1 heterocycles. The molecule has 3 N–H and O–H groups in total. The van der Waals surface area contributed by atoms with Gasteiger partial charge in [0.25, 0.3) is 0 Å². The van der Waals surface area contributed by atoms with Crippen molar-refractivity contribution >= 4 is 12.1 Å². The Kier molecular flexibility index (Phi) is 5.53. The maximum absolute atomic E-state index is 11.6. The zero-order valence-corrected chi connectivity index (χ0v) is 11.5. The molecule has 1 aromatic carbocycles. The third-order valence-electron chi connectivity index (χ3n) is 3.05. The van der Waals surface area contributed by atoms with Crippen LogP contribution >= 0.6 is 0 Å². The highest BCUT2D eigenvalue weighted by molar-refractivity contribution is 5.80. The molecule has 1 fully saturated rings. The van der Waals surface area contributed by atoms with E-state index in [1.165, 1.54) is 0 Å². The molecule has 0 aromatic heterocycles. The third kappa shape index (κ3) is 5.05. The summed E-state index contributed by atoms with van der Waals surface area (Å²) in [7, 11) is 0. The normalized spacial score (nSPS) is 15.8. The highest BCUT2D eigenvalue weighted by atomic mass is 16.5. The number of carbonyl (C=O) groups excluding carboxylic acids is 1. The van der Waals surface area contributed by atoms with E-state index in [-0.39, 0.29) is 19.3 Å². The van der Waals surface area contributed by atoms with Crippen LogP contribution in [-0.2, 0) is 20.9 Å². The molecular weight excluding hydrogens is 276 g/mol. The Balaban J connectivity index is 1.73. The number of nitrogens with one attached hydrogen (secondary N) is 2. The van der Waals surface area contributed by atoms with E-state index in [0.717, 1.165) is 5.56 Å². The molecule has 21 heavy (non-hydrogen) atoms. The number of rotatable bonds is 7. The van der Waals surface area contributed by atoms with Crippen molar-refractivity contribution in [1.82, 2.24) is 10.6 Å². The molecule has 1 atom stereocenters. The van der Waals surface area contributed by atoms with Gasteiger partial charge in [0.05, 0.1) is 12.7 Å². The highest BCUT2D eigenvalue weighted by Crippen LogP contribution is 2.02. The number of carboxylic acids is 1. The van der Waals surface area contributed by atoms with Crippen molar-refractivity contribution in [1.29, 1.82) is 0 Å². The minimum Gasteiger partial charge on any atom is -0.480 e. The number of carboxylic acid groups (broad SMARTS) is 1. The lowest BCUT2D eigenvalue weighted by Gasteiger charge is -2.28. The van der Waals surface area contributed by atoms with Crippen LogP contribution in [0.4, 0.5) is 4.79 Å². The molecule has 7 heteroatoms. The van der Waals surface area contributed by atoms with E-state index in [1.54, 1.807) is 0 Å². The molecule has 1 saturated heterocycles. The molecule has 2 rings (SSSR count). The van der Waals surface area contributed by atoms with Gasteiger partial charge in [0.2, 0.25) is 0 Å². The number of carbonyl (C=O) groups is 2. The smallest absolute Gasteiger partial charge is 0.408 e. The topological polar surface area (TPSA) is 96.9 Å². The van der Waals surface area contributed by atoms with E-state index in [1.807, 2.05) is 30.3 Å². The van der Waals surface area contributed by atoms with Crippen LogP contribution in [0.2, 0.25) is 0 Å². The molecule has 1 unspecified atom stereocenters. The monoisotopic (exact) mass is 294 g/mol. The summed E-state index contributed by atoms with van der Waals surface area (Å²) in [6, 6.07) is 8.03. The second-order valence-electron chi connectivity index (χ2n) is 4.71. The summed E-state index contributed by atoms with van der Waals surface area (Å²) in [5.41, 5.74) is 0.830. The van der Waals surface area contributed by atoms with Gasteiger partial charge < -0.3 is 25.2 Å². The standard InChI is InChI=1S/C14H18N2O5/c17-13(18)12(9-20-11-6-15-7-11)16-14(19)21-8-10-4-2-1-3-5-10/h1-5,11-12,15H,6-9H2,(H,16,19)(H,17,18). The second kappa shape index (κ2) is 7.61. The quantitative estimate of drug-likeness (QED) is 0.671. The number of hydrogen-bond acceptors (Lipinski definition) is 5. The van der Waals surface area contributed by atoms with Gasteiger partial charge in [-0.15, -0.1) is 0 Å². The zero-order chi connectivity index (χ0) is 15.1. The van der Waals surface area contributed by atoms with E-state index in [9.17, 15) is 9.59 Å². The van der Waals surface area contributed by atoms with E-state index in [0.29, 0.717) is 13.1 Å². The van der Waals surface area contributed by atoms with Crippen LogP contribution in [0.25, 0.3) is 0 Å². The van der Waals surface area contributed by atoms with Gasteiger partial charge in [0.15, 0.2) is 6.04 Å². The summed E-state index contributed by atoms with van der Waals surface area (Å²) in [4.78, 5) is 22.7. The van der Waals surface area contributed by atoms with Crippen LogP contribution in [0.3, 0.4) is 0 Å². The molecule has 0 radical (unpaired) electrons. The lowest BCUT2D eigenvalue weighted by Crippen LogP contribution is -2.52. The van der Waals surface area contributed by atoms with Gasteiger partial charge in [-0.1, -0.05) is 30.3 Å². The Bertz CT molecular complexity index is 476. The average molecular weight is 294 g/mol. The molecule has 1 aromatic rings. The largest absolute Gasteiger partial charge is 0.480 e. The van der Waals surface area contributed by atoms with Gasteiger partial charge >= 0.3 is 12.1 Å². The van der Waals surface area contributed by atoms with Crippen molar-refractivity contribution in [2.45, 2.75) is 18.8 Å². The number of hydrogen-bond donors (Lipinski definition) is 3. The first-order chi connectivity index (χ1) is 10.1. The van der Waals surface area contributed by atoms with Gasteiger partial charge in [-0.25, -0.2) is 9.59 Å². The van der Waals surface area contributed by atoms with E-state index < -0.39 is 18.1 Å². The SMILES string of the molecule is O=C(NC(COC1CNC1)C(=O)O)OCc1ccccc1. The summed E-state index contributed by atoms with van der Waals surface area (Å²) in [6.07, 6.45) is -0.768. The van der Waals surface area contributed by atoms with Gasteiger partial charge in [-0.05, 0) is 5.56 Å². The molecule has 0 spiro atoms. The maximum Gasteiger partial charge on any atom is 0.408 e. The van der Waals surface area contributed by atoms with Crippen LogP contribution < -0.4 is 10.6 Å². The minimum absolute atomic E-state index is 0.00832. The van der Waals surface area contributed by atoms with Crippen LogP contribution in [0.1, 0.15) is 5.56 Å². The van der Waals surface area contributed by atoms with Crippen LogP contribution in [0, 0.1) is 0 Å². The molecule has 1 aliphatic heterocycles. The Morgan fingerprint density at radius 3 is 2.62 bits per heavy atom. The van der Waals surface area contributed by atoms with E-state index in [4.69, 9.17) is 14.6 Å². The fourth-order valence-electron chi connectivity index (χ4n) is 1.69. The van der Waals surface area contributed by atoms with Crippen molar-refractivity contribution < 1.29 is 24.2 Å².